The predicted molar refractivity (Wildman–Crippen MR) is 66.5 cm³/mol. The quantitative estimate of drug-likeness (QED) is 0.652. The van der Waals surface area contributed by atoms with E-state index in [1.165, 1.54) is 12.1 Å². The van der Waals surface area contributed by atoms with E-state index in [0.29, 0.717) is 5.75 Å². The molecule has 2 aromatic carbocycles. The van der Waals surface area contributed by atoms with Crippen molar-refractivity contribution < 1.29 is 24.5 Å². The first-order valence-electron chi connectivity index (χ1n) is 5.41. The largest absolute Gasteiger partial charge is 0.507 e. The van der Waals surface area contributed by atoms with Crippen LogP contribution in [0.4, 0.5) is 0 Å². The van der Waals surface area contributed by atoms with Gasteiger partial charge in [-0.3, -0.25) is 0 Å². The summed E-state index contributed by atoms with van der Waals surface area (Å²) in [6.07, 6.45) is 0. The van der Waals surface area contributed by atoms with Gasteiger partial charge in [-0.15, -0.1) is 0 Å². The molecule has 19 heavy (non-hydrogen) atoms. The number of carbonyl (C=O) groups excluding carboxylic acids is 1. The molecule has 0 saturated carbocycles. The Morgan fingerprint density at radius 2 is 1.68 bits per heavy atom. The van der Waals surface area contributed by atoms with Crippen LogP contribution in [-0.2, 0) is 0 Å². The highest BCUT2D eigenvalue weighted by Gasteiger charge is 2.15. The first kappa shape index (κ1) is 12.6. The topological polar surface area (TPSA) is 83.8 Å². The van der Waals surface area contributed by atoms with Gasteiger partial charge in [-0.1, -0.05) is 18.2 Å². The molecule has 0 aliphatic carbocycles. The highest BCUT2D eigenvalue weighted by Crippen LogP contribution is 2.21. The maximum atomic E-state index is 11.8. The number of esters is 1. The lowest BCUT2D eigenvalue weighted by atomic mass is 10.1. The molecule has 2 rings (SSSR count). The number of carbonyl (C=O) groups is 2. The zero-order chi connectivity index (χ0) is 13.8. The van der Waals surface area contributed by atoms with Crippen LogP contribution >= 0.6 is 0 Å². The second kappa shape index (κ2) is 5.22. The SMILES string of the molecule is O=C(O)c1ccc(C(=O)Oc2ccccc2)c(O)c1. The van der Waals surface area contributed by atoms with E-state index in [2.05, 4.69) is 0 Å². The number of hydrogen-bond acceptors (Lipinski definition) is 4. The number of phenolic OH excluding ortho intramolecular Hbond substituents is 1. The Bertz CT molecular complexity index is 619. The Morgan fingerprint density at radius 3 is 2.26 bits per heavy atom. The number of carboxylic acids is 1. The van der Waals surface area contributed by atoms with Crippen LogP contribution in [-0.4, -0.2) is 22.2 Å². The Morgan fingerprint density at radius 1 is 1.00 bits per heavy atom. The third-order valence-electron chi connectivity index (χ3n) is 2.42. The number of rotatable bonds is 3. The molecule has 0 aliphatic rings. The van der Waals surface area contributed by atoms with Crippen LogP contribution < -0.4 is 4.74 Å². The van der Waals surface area contributed by atoms with Crippen molar-refractivity contribution in [3.8, 4) is 11.5 Å². The van der Waals surface area contributed by atoms with Crippen LogP contribution in [0.3, 0.4) is 0 Å². The number of aromatic hydroxyl groups is 1. The second-order valence-corrected chi connectivity index (χ2v) is 3.74. The molecule has 2 aromatic rings. The molecule has 0 unspecified atom stereocenters. The Hall–Kier alpha value is -2.82. The van der Waals surface area contributed by atoms with Crippen molar-refractivity contribution in [1.82, 2.24) is 0 Å². The van der Waals surface area contributed by atoms with Crippen LogP contribution in [0.5, 0.6) is 11.5 Å². The summed E-state index contributed by atoms with van der Waals surface area (Å²) in [5.74, 6) is -2.02. The lowest BCUT2D eigenvalue weighted by molar-refractivity contribution is 0.0690. The first-order valence-corrected chi connectivity index (χ1v) is 5.41. The fraction of sp³-hybridized carbons (Fsp3) is 0. The number of carboxylic acid groups (broad SMARTS) is 1. The van der Waals surface area contributed by atoms with Crippen molar-refractivity contribution in [2.45, 2.75) is 0 Å². The van der Waals surface area contributed by atoms with Gasteiger partial charge in [-0.2, -0.15) is 0 Å². The van der Waals surface area contributed by atoms with E-state index in [4.69, 9.17) is 9.84 Å². The molecule has 5 nitrogen and oxygen atoms in total. The van der Waals surface area contributed by atoms with Crippen LogP contribution in [0.2, 0.25) is 0 Å². The lowest BCUT2D eigenvalue weighted by Gasteiger charge is -2.06. The van der Waals surface area contributed by atoms with Gasteiger partial charge in [-0.05, 0) is 30.3 Å². The maximum Gasteiger partial charge on any atom is 0.347 e. The number of hydrogen-bond donors (Lipinski definition) is 2. The standard InChI is InChI=1S/C14H10O5/c15-12-8-9(13(16)17)6-7-11(12)14(18)19-10-4-2-1-3-5-10/h1-8,15H,(H,16,17). The summed E-state index contributed by atoms with van der Waals surface area (Å²) in [7, 11) is 0. The summed E-state index contributed by atoms with van der Waals surface area (Å²) >= 11 is 0. The molecule has 96 valence electrons. The van der Waals surface area contributed by atoms with Crippen LogP contribution in [0.25, 0.3) is 0 Å². The van der Waals surface area contributed by atoms with Crippen molar-refractivity contribution in [2.75, 3.05) is 0 Å². The van der Waals surface area contributed by atoms with Crippen molar-refractivity contribution in [1.29, 1.82) is 0 Å². The number of benzene rings is 2. The Balaban J connectivity index is 2.22. The number of para-hydroxylation sites is 1. The minimum atomic E-state index is -1.18. The molecule has 0 aliphatic heterocycles. The average Bonchev–Trinajstić information content (AvgIpc) is 2.39. The van der Waals surface area contributed by atoms with Gasteiger partial charge in [-0.25, -0.2) is 9.59 Å². The molecule has 0 radical (unpaired) electrons. The minimum Gasteiger partial charge on any atom is -0.507 e. The second-order valence-electron chi connectivity index (χ2n) is 3.74. The molecule has 0 aromatic heterocycles. The van der Waals surface area contributed by atoms with Crippen LogP contribution in [0.1, 0.15) is 20.7 Å². The molecule has 5 heteroatoms. The van der Waals surface area contributed by atoms with Gasteiger partial charge < -0.3 is 14.9 Å². The monoisotopic (exact) mass is 258 g/mol. The van der Waals surface area contributed by atoms with E-state index in [0.717, 1.165) is 6.07 Å². The molecular weight excluding hydrogens is 248 g/mol. The van der Waals surface area contributed by atoms with Gasteiger partial charge in [0.15, 0.2) is 0 Å². The van der Waals surface area contributed by atoms with Crippen LogP contribution in [0, 0.1) is 0 Å². The van der Waals surface area contributed by atoms with E-state index in [9.17, 15) is 14.7 Å². The van der Waals surface area contributed by atoms with Crippen molar-refractivity contribution in [3.05, 3.63) is 59.7 Å². The molecule has 0 fully saturated rings. The van der Waals surface area contributed by atoms with Crippen molar-refractivity contribution >= 4 is 11.9 Å². The van der Waals surface area contributed by atoms with E-state index < -0.39 is 17.7 Å². The van der Waals surface area contributed by atoms with Gasteiger partial charge in [0, 0.05) is 0 Å². The van der Waals surface area contributed by atoms with E-state index in [-0.39, 0.29) is 11.1 Å². The summed E-state index contributed by atoms with van der Waals surface area (Å²) in [5.41, 5.74) is -0.192. The minimum absolute atomic E-state index is 0.0890. The highest BCUT2D eigenvalue weighted by atomic mass is 16.5. The Kier molecular flexibility index (Phi) is 3.47. The summed E-state index contributed by atoms with van der Waals surface area (Å²) in [6.45, 7) is 0. The van der Waals surface area contributed by atoms with Crippen molar-refractivity contribution in [2.24, 2.45) is 0 Å². The highest BCUT2D eigenvalue weighted by molar-refractivity contribution is 5.96. The molecule has 2 N–H and O–H groups in total. The normalized spacial score (nSPS) is 9.89. The van der Waals surface area contributed by atoms with Gasteiger partial charge in [0.2, 0.25) is 0 Å². The van der Waals surface area contributed by atoms with E-state index in [1.54, 1.807) is 30.3 Å². The average molecular weight is 258 g/mol. The number of aromatic carboxylic acids is 1. The predicted octanol–water partition coefficient (Wildman–Crippen LogP) is 2.31. The van der Waals surface area contributed by atoms with Gasteiger partial charge in [0.05, 0.1) is 5.56 Å². The van der Waals surface area contributed by atoms with E-state index >= 15 is 0 Å². The molecule has 0 heterocycles. The third kappa shape index (κ3) is 2.90. The number of ether oxygens (including phenoxy) is 1. The van der Waals surface area contributed by atoms with Gasteiger partial charge >= 0.3 is 11.9 Å². The third-order valence-corrected chi connectivity index (χ3v) is 2.42. The maximum absolute atomic E-state index is 11.8. The van der Waals surface area contributed by atoms with Gasteiger partial charge in [0.25, 0.3) is 0 Å². The first-order chi connectivity index (χ1) is 9.08. The zero-order valence-corrected chi connectivity index (χ0v) is 9.74. The molecule has 0 amide bonds. The summed E-state index contributed by atoms with van der Waals surface area (Å²) < 4.78 is 5.04. The van der Waals surface area contributed by atoms with Gasteiger partial charge in [0.1, 0.15) is 17.1 Å². The molecular formula is C14H10O5. The summed E-state index contributed by atoms with van der Waals surface area (Å²) in [6, 6.07) is 11.8. The smallest absolute Gasteiger partial charge is 0.347 e. The molecule has 0 atom stereocenters. The number of phenols is 1. The molecule has 0 bridgehead atoms. The van der Waals surface area contributed by atoms with Crippen molar-refractivity contribution in [3.63, 3.8) is 0 Å². The zero-order valence-electron chi connectivity index (χ0n) is 9.74. The molecule has 0 spiro atoms. The molecule has 0 saturated heterocycles. The fourth-order valence-corrected chi connectivity index (χ4v) is 1.49. The Labute approximate surface area is 108 Å². The fourth-order valence-electron chi connectivity index (χ4n) is 1.49. The van der Waals surface area contributed by atoms with E-state index in [1.807, 2.05) is 0 Å². The lowest BCUT2D eigenvalue weighted by Crippen LogP contribution is -2.09. The van der Waals surface area contributed by atoms with Crippen LogP contribution in [0.15, 0.2) is 48.5 Å². The summed E-state index contributed by atoms with van der Waals surface area (Å²) in [5, 5.41) is 18.4. The summed E-state index contributed by atoms with van der Waals surface area (Å²) in [4.78, 5) is 22.5.